The van der Waals surface area contributed by atoms with Crippen molar-refractivity contribution >= 4 is 41.4 Å². The second-order valence-electron chi connectivity index (χ2n) is 6.48. The van der Waals surface area contributed by atoms with Gasteiger partial charge in [-0.1, -0.05) is 53.1 Å². The van der Waals surface area contributed by atoms with Gasteiger partial charge in [0.15, 0.2) is 0 Å². The molecule has 0 unspecified atom stereocenters. The molecule has 11 heteroatoms. The minimum absolute atomic E-state index is 0.0666. The molecule has 2 aromatic carbocycles. The number of hydrogen-bond donors (Lipinski definition) is 3. The van der Waals surface area contributed by atoms with Crippen LogP contribution in [0.5, 0.6) is 0 Å². The van der Waals surface area contributed by atoms with Crippen molar-refractivity contribution in [1.29, 1.82) is 0 Å². The van der Waals surface area contributed by atoms with Gasteiger partial charge in [0.25, 0.3) is 0 Å². The third-order valence-electron chi connectivity index (χ3n) is 4.19. The van der Waals surface area contributed by atoms with Crippen LogP contribution in [0.2, 0.25) is 5.02 Å². The molecule has 0 saturated carbocycles. The molecule has 31 heavy (non-hydrogen) atoms. The van der Waals surface area contributed by atoms with Crippen LogP contribution in [0, 0.1) is 0 Å². The Morgan fingerprint density at radius 1 is 1.10 bits per heavy atom. The maximum Gasteiger partial charge on any atom is 0.404 e. The lowest BCUT2D eigenvalue weighted by molar-refractivity contribution is -0.129. The first-order chi connectivity index (χ1) is 14.9. The Labute approximate surface area is 187 Å². The summed E-state index contributed by atoms with van der Waals surface area (Å²) >= 11 is 7.52. The Balaban J connectivity index is 1.69. The van der Waals surface area contributed by atoms with E-state index in [9.17, 15) is 9.59 Å². The van der Waals surface area contributed by atoms with Gasteiger partial charge in [-0.3, -0.25) is 4.79 Å². The molecule has 0 fully saturated rings. The third kappa shape index (κ3) is 6.90. The number of rotatable bonds is 9. The minimum atomic E-state index is -1.09. The molecule has 0 saturated heterocycles. The number of nitrogen functional groups attached to an aromatic ring is 1. The van der Waals surface area contributed by atoms with Crippen molar-refractivity contribution in [3.63, 3.8) is 0 Å². The number of aromatic nitrogens is 2. The fourth-order valence-electron chi connectivity index (χ4n) is 2.68. The average molecular weight is 462 g/mol. The number of halogens is 1. The zero-order valence-corrected chi connectivity index (χ0v) is 17.9. The van der Waals surface area contributed by atoms with Crippen molar-refractivity contribution in [3.8, 4) is 0 Å². The summed E-state index contributed by atoms with van der Waals surface area (Å²) in [7, 11) is 0. The lowest BCUT2D eigenvalue weighted by Gasteiger charge is -2.21. The molecule has 1 heterocycles. The van der Waals surface area contributed by atoms with E-state index in [2.05, 4.69) is 15.5 Å². The molecule has 1 aromatic heterocycles. The highest BCUT2D eigenvalue weighted by atomic mass is 35.5. The SMILES string of the molecule is Nc1nnc(CN(Cc2ccc(CNC(=O)O)cc2)C(=O)CSc2ccccc2Cl)o1. The van der Waals surface area contributed by atoms with Gasteiger partial charge in [-0.15, -0.1) is 16.9 Å². The first-order valence-corrected chi connectivity index (χ1v) is 10.5. The van der Waals surface area contributed by atoms with Crippen molar-refractivity contribution in [3.05, 3.63) is 70.6 Å². The van der Waals surface area contributed by atoms with Gasteiger partial charge in [-0.2, -0.15) is 0 Å². The van der Waals surface area contributed by atoms with Crippen LogP contribution in [0.15, 0.2) is 57.8 Å². The minimum Gasteiger partial charge on any atom is -0.465 e. The number of carbonyl (C=O) groups excluding carboxylic acids is 1. The predicted octanol–water partition coefficient (Wildman–Crippen LogP) is 3.39. The number of anilines is 1. The van der Waals surface area contributed by atoms with Gasteiger partial charge in [-0.05, 0) is 23.3 Å². The zero-order valence-electron chi connectivity index (χ0n) is 16.3. The molecule has 0 spiro atoms. The Kier molecular flexibility index (Phi) is 7.74. The number of hydrogen-bond acceptors (Lipinski definition) is 7. The maximum atomic E-state index is 13.0. The lowest BCUT2D eigenvalue weighted by Crippen LogP contribution is -2.31. The van der Waals surface area contributed by atoms with Crippen LogP contribution in [0.25, 0.3) is 0 Å². The topological polar surface area (TPSA) is 135 Å². The van der Waals surface area contributed by atoms with E-state index in [0.717, 1.165) is 16.0 Å². The molecule has 0 bridgehead atoms. The number of nitrogens with two attached hydrogens (primary N) is 1. The smallest absolute Gasteiger partial charge is 0.404 e. The largest absolute Gasteiger partial charge is 0.465 e. The van der Waals surface area contributed by atoms with E-state index < -0.39 is 6.09 Å². The van der Waals surface area contributed by atoms with Crippen molar-refractivity contribution in [1.82, 2.24) is 20.4 Å². The van der Waals surface area contributed by atoms with Gasteiger partial charge >= 0.3 is 12.1 Å². The van der Waals surface area contributed by atoms with E-state index in [1.54, 1.807) is 23.1 Å². The number of carboxylic acid groups (broad SMARTS) is 1. The number of benzene rings is 2. The second-order valence-corrected chi connectivity index (χ2v) is 7.90. The fraction of sp³-hybridized carbons (Fsp3) is 0.200. The van der Waals surface area contributed by atoms with Crippen molar-refractivity contribution in [2.24, 2.45) is 0 Å². The van der Waals surface area contributed by atoms with E-state index in [1.165, 1.54) is 11.8 Å². The summed E-state index contributed by atoms with van der Waals surface area (Å²) in [5.41, 5.74) is 7.16. The summed E-state index contributed by atoms with van der Waals surface area (Å²) < 4.78 is 5.23. The summed E-state index contributed by atoms with van der Waals surface area (Å²) in [6.07, 6.45) is -1.09. The monoisotopic (exact) mass is 461 g/mol. The normalized spacial score (nSPS) is 10.6. The first-order valence-electron chi connectivity index (χ1n) is 9.18. The molecule has 0 radical (unpaired) electrons. The molecule has 162 valence electrons. The highest BCUT2D eigenvalue weighted by Gasteiger charge is 2.18. The lowest BCUT2D eigenvalue weighted by atomic mass is 10.1. The molecule has 9 nitrogen and oxygen atoms in total. The molecular formula is C20H20ClN5O4S. The van der Waals surface area contributed by atoms with Crippen LogP contribution < -0.4 is 11.1 Å². The van der Waals surface area contributed by atoms with Gasteiger partial charge in [0.05, 0.1) is 17.3 Å². The van der Waals surface area contributed by atoms with Crippen molar-refractivity contribution in [2.45, 2.75) is 24.5 Å². The van der Waals surface area contributed by atoms with E-state index in [1.807, 2.05) is 30.3 Å². The molecule has 0 aliphatic carbocycles. The van der Waals surface area contributed by atoms with Gasteiger partial charge in [0, 0.05) is 18.0 Å². The van der Waals surface area contributed by atoms with E-state index >= 15 is 0 Å². The van der Waals surface area contributed by atoms with Crippen LogP contribution in [-0.2, 0) is 24.4 Å². The Morgan fingerprint density at radius 2 is 1.81 bits per heavy atom. The molecule has 0 aliphatic heterocycles. The van der Waals surface area contributed by atoms with Crippen LogP contribution in [-0.4, -0.2) is 38.0 Å². The number of thioether (sulfide) groups is 1. The Bertz CT molecular complexity index is 1040. The molecule has 2 amide bonds. The van der Waals surface area contributed by atoms with Gasteiger partial charge in [-0.25, -0.2) is 4.79 Å². The van der Waals surface area contributed by atoms with Crippen LogP contribution >= 0.6 is 23.4 Å². The number of nitrogens with one attached hydrogen (secondary N) is 1. The van der Waals surface area contributed by atoms with E-state index in [4.69, 9.17) is 26.9 Å². The Morgan fingerprint density at radius 3 is 2.45 bits per heavy atom. The number of carbonyl (C=O) groups is 2. The molecule has 4 N–H and O–H groups in total. The zero-order chi connectivity index (χ0) is 22.2. The molecule has 0 atom stereocenters. The average Bonchev–Trinajstić information content (AvgIpc) is 3.16. The van der Waals surface area contributed by atoms with E-state index in [-0.39, 0.29) is 36.7 Å². The summed E-state index contributed by atoms with van der Waals surface area (Å²) in [6.45, 7) is 0.610. The Hall–Kier alpha value is -3.24. The standard InChI is InChI=1S/C20H20ClN5O4S/c21-15-3-1-2-4-16(15)31-12-18(27)26(11-17-24-25-19(22)30-17)10-14-7-5-13(6-8-14)9-23-20(28)29/h1-8,23H,9-12H2,(H2,22,25)(H,28,29). The molecule has 3 aromatic rings. The van der Waals surface area contributed by atoms with Crippen LogP contribution in [0.3, 0.4) is 0 Å². The summed E-state index contributed by atoms with van der Waals surface area (Å²) in [5.74, 6) is 0.266. The highest BCUT2D eigenvalue weighted by molar-refractivity contribution is 8.00. The summed E-state index contributed by atoms with van der Waals surface area (Å²) in [6, 6.07) is 14.5. The predicted molar refractivity (Wildman–Crippen MR) is 116 cm³/mol. The van der Waals surface area contributed by atoms with Gasteiger partial charge in [0.1, 0.15) is 0 Å². The van der Waals surface area contributed by atoms with Crippen LogP contribution in [0.4, 0.5) is 10.8 Å². The number of amides is 2. The van der Waals surface area contributed by atoms with Gasteiger partial charge in [0.2, 0.25) is 11.8 Å². The molecule has 0 aliphatic rings. The first kappa shape index (κ1) is 22.4. The quantitative estimate of drug-likeness (QED) is 0.413. The van der Waals surface area contributed by atoms with Crippen molar-refractivity contribution < 1.29 is 19.1 Å². The highest BCUT2D eigenvalue weighted by Crippen LogP contribution is 2.27. The van der Waals surface area contributed by atoms with Gasteiger partial charge < -0.3 is 25.5 Å². The molecule has 3 rings (SSSR count). The van der Waals surface area contributed by atoms with E-state index in [0.29, 0.717) is 11.6 Å². The maximum absolute atomic E-state index is 13.0. The molecular weight excluding hydrogens is 442 g/mol. The van der Waals surface area contributed by atoms with Crippen LogP contribution in [0.1, 0.15) is 17.0 Å². The third-order valence-corrected chi connectivity index (χ3v) is 5.69. The number of nitrogens with zero attached hydrogens (tertiary/aromatic N) is 3. The summed E-state index contributed by atoms with van der Waals surface area (Å²) in [4.78, 5) is 26.0. The second kappa shape index (κ2) is 10.7. The van der Waals surface area contributed by atoms with Crippen molar-refractivity contribution in [2.75, 3.05) is 11.5 Å². The fourth-order valence-corrected chi connectivity index (χ4v) is 3.82. The summed E-state index contributed by atoms with van der Waals surface area (Å²) in [5, 5.41) is 19.1.